The summed E-state index contributed by atoms with van der Waals surface area (Å²) < 4.78 is 10.6. The Morgan fingerprint density at radius 3 is 2.40 bits per heavy atom. The van der Waals surface area contributed by atoms with E-state index < -0.39 is 17.7 Å². The number of ether oxygens (including phenoxy) is 2. The zero-order valence-corrected chi connectivity index (χ0v) is 18.0. The van der Waals surface area contributed by atoms with Crippen molar-refractivity contribution in [2.45, 2.75) is 12.6 Å². The van der Waals surface area contributed by atoms with Crippen LogP contribution in [-0.2, 0) is 16.1 Å². The number of hydrogen-bond donors (Lipinski definition) is 1. The van der Waals surface area contributed by atoms with Crippen molar-refractivity contribution in [1.82, 2.24) is 4.90 Å². The summed E-state index contributed by atoms with van der Waals surface area (Å²) in [5, 5.41) is 14.9. The zero-order valence-electron chi connectivity index (χ0n) is 16.3. The van der Waals surface area contributed by atoms with Crippen molar-refractivity contribution in [3.8, 4) is 11.5 Å². The summed E-state index contributed by atoms with van der Waals surface area (Å²) in [5.41, 5.74) is 0.453. The summed E-state index contributed by atoms with van der Waals surface area (Å²) in [7, 11) is 3.01. The van der Waals surface area contributed by atoms with Crippen LogP contribution in [0.15, 0.2) is 58.8 Å². The molecule has 1 aliphatic rings. The van der Waals surface area contributed by atoms with E-state index in [0.717, 1.165) is 9.75 Å². The number of nitrogens with zero attached hydrogens (tertiary/aromatic N) is 1. The Morgan fingerprint density at radius 1 is 1.03 bits per heavy atom. The van der Waals surface area contributed by atoms with Gasteiger partial charge in [-0.15, -0.1) is 22.7 Å². The lowest BCUT2D eigenvalue weighted by Gasteiger charge is -2.23. The van der Waals surface area contributed by atoms with E-state index in [-0.39, 0.29) is 11.3 Å². The summed E-state index contributed by atoms with van der Waals surface area (Å²) in [6.45, 7) is 0.299. The van der Waals surface area contributed by atoms with Gasteiger partial charge in [-0.3, -0.25) is 9.59 Å². The van der Waals surface area contributed by atoms with Crippen molar-refractivity contribution in [3.05, 3.63) is 74.1 Å². The Hall–Kier alpha value is -3.10. The molecular formula is C22H19NO5S2. The lowest BCUT2D eigenvalue weighted by Crippen LogP contribution is -2.28. The molecule has 1 unspecified atom stereocenters. The molecule has 1 fully saturated rings. The first kappa shape index (κ1) is 20.2. The lowest BCUT2D eigenvalue weighted by atomic mass is 9.99. The van der Waals surface area contributed by atoms with E-state index in [4.69, 9.17) is 9.47 Å². The number of Topliss-reactive ketones (excluding diaryl/α,β-unsaturated/α-hetero) is 1. The van der Waals surface area contributed by atoms with E-state index in [2.05, 4.69) is 0 Å². The number of thiophene rings is 2. The van der Waals surface area contributed by atoms with Gasteiger partial charge < -0.3 is 19.5 Å². The molecule has 30 heavy (non-hydrogen) atoms. The molecule has 1 atom stereocenters. The molecule has 6 nitrogen and oxygen atoms in total. The second kappa shape index (κ2) is 8.33. The highest BCUT2D eigenvalue weighted by Gasteiger charge is 2.46. The quantitative estimate of drug-likeness (QED) is 0.348. The summed E-state index contributed by atoms with van der Waals surface area (Å²) in [6.07, 6.45) is 0. The molecule has 0 spiro atoms. The van der Waals surface area contributed by atoms with Gasteiger partial charge in [0.05, 0.1) is 26.3 Å². The Bertz CT molecular complexity index is 1100. The number of amides is 1. The number of aliphatic hydroxyl groups is 1. The van der Waals surface area contributed by atoms with Crippen molar-refractivity contribution >= 4 is 40.1 Å². The molecule has 3 aromatic rings. The minimum atomic E-state index is -0.697. The second-order valence-electron chi connectivity index (χ2n) is 6.59. The van der Waals surface area contributed by atoms with Crippen LogP contribution in [0, 0.1) is 0 Å². The van der Waals surface area contributed by atoms with Crippen molar-refractivity contribution < 1.29 is 24.2 Å². The van der Waals surface area contributed by atoms with Crippen LogP contribution >= 0.6 is 22.7 Å². The Balaban J connectivity index is 1.84. The predicted molar refractivity (Wildman–Crippen MR) is 116 cm³/mol. The number of rotatable bonds is 6. The van der Waals surface area contributed by atoms with E-state index >= 15 is 0 Å². The van der Waals surface area contributed by atoms with Crippen LogP contribution in [0.5, 0.6) is 11.5 Å². The minimum Gasteiger partial charge on any atom is -0.507 e. The number of benzene rings is 1. The van der Waals surface area contributed by atoms with E-state index in [9.17, 15) is 14.7 Å². The zero-order chi connectivity index (χ0) is 21.3. The van der Waals surface area contributed by atoms with Gasteiger partial charge in [-0.25, -0.2) is 0 Å². The van der Waals surface area contributed by atoms with Gasteiger partial charge in [-0.05, 0) is 41.1 Å². The van der Waals surface area contributed by atoms with Crippen molar-refractivity contribution in [3.63, 3.8) is 0 Å². The average molecular weight is 442 g/mol. The molecule has 0 bridgehead atoms. The third kappa shape index (κ3) is 3.48. The van der Waals surface area contributed by atoms with Crippen molar-refractivity contribution in [2.75, 3.05) is 14.2 Å². The fraction of sp³-hybridized carbons (Fsp3) is 0.182. The van der Waals surface area contributed by atoms with Crippen LogP contribution in [-0.4, -0.2) is 35.9 Å². The van der Waals surface area contributed by atoms with E-state index in [0.29, 0.717) is 23.6 Å². The Kier molecular flexibility index (Phi) is 5.61. The largest absolute Gasteiger partial charge is 0.507 e. The average Bonchev–Trinajstić information content (AvgIpc) is 3.52. The van der Waals surface area contributed by atoms with E-state index in [1.807, 2.05) is 35.0 Å². The lowest BCUT2D eigenvalue weighted by molar-refractivity contribution is -0.140. The number of ketones is 1. The molecule has 0 aliphatic carbocycles. The monoisotopic (exact) mass is 441 g/mol. The maximum atomic E-state index is 13.0. The number of likely N-dealkylation sites (tertiary alicyclic amines) is 1. The second-order valence-corrected chi connectivity index (χ2v) is 8.60. The first-order chi connectivity index (χ1) is 14.5. The molecule has 0 saturated carbocycles. The van der Waals surface area contributed by atoms with Gasteiger partial charge in [-0.2, -0.15) is 0 Å². The molecule has 154 valence electrons. The third-order valence-electron chi connectivity index (χ3n) is 4.92. The number of methoxy groups -OCH3 is 2. The van der Waals surface area contributed by atoms with Crippen LogP contribution in [0.2, 0.25) is 0 Å². The molecule has 1 amide bonds. The van der Waals surface area contributed by atoms with Gasteiger partial charge in [0, 0.05) is 15.3 Å². The number of carbonyl (C=O) groups is 2. The maximum absolute atomic E-state index is 13.0. The normalized spacial score (nSPS) is 18.1. The summed E-state index contributed by atoms with van der Waals surface area (Å²) in [5.74, 6) is -0.633. The van der Waals surface area contributed by atoms with Crippen molar-refractivity contribution in [2.24, 2.45) is 0 Å². The first-order valence-electron chi connectivity index (χ1n) is 9.11. The topological polar surface area (TPSA) is 76.1 Å². The number of aliphatic hydroxyl groups excluding tert-OH is 1. The number of carbonyl (C=O) groups excluding carboxylic acids is 2. The van der Waals surface area contributed by atoms with Gasteiger partial charge in [-0.1, -0.05) is 12.1 Å². The molecule has 2 aromatic heterocycles. The maximum Gasteiger partial charge on any atom is 0.296 e. The first-order valence-corrected chi connectivity index (χ1v) is 10.9. The van der Waals surface area contributed by atoms with E-state index in [1.165, 1.54) is 41.8 Å². The van der Waals surface area contributed by atoms with Gasteiger partial charge in [0.25, 0.3) is 11.7 Å². The molecule has 1 saturated heterocycles. The van der Waals surface area contributed by atoms with Gasteiger partial charge in [0.15, 0.2) is 11.5 Å². The molecule has 8 heteroatoms. The standard InChI is InChI=1S/C22H19NO5S2/c1-27-15-8-7-13(11-16(15)28-2)20(24)18-19(17-6-4-10-30-17)23(22(26)21(18)25)12-14-5-3-9-29-14/h3-11,19,24H,12H2,1-2H3/b20-18-. The van der Waals surface area contributed by atoms with Crippen LogP contribution in [0.3, 0.4) is 0 Å². The molecule has 1 aromatic carbocycles. The fourth-order valence-corrected chi connectivity index (χ4v) is 5.04. The minimum absolute atomic E-state index is 0.0752. The van der Waals surface area contributed by atoms with E-state index in [1.54, 1.807) is 18.2 Å². The Labute approximate surface area is 181 Å². The van der Waals surface area contributed by atoms with Crippen LogP contribution in [0.25, 0.3) is 5.76 Å². The molecular weight excluding hydrogens is 422 g/mol. The molecule has 4 rings (SSSR count). The van der Waals surface area contributed by atoms with Crippen LogP contribution in [0.4, 0.5) is 0 Å². The molecule has 3 heterocycles. The van der Waals surface area contributed by atoms with Gasteiger partial charge in [0.1, 0.15) is 11.8 Å². The predicted octanol–water partition coefficient (Wildman–Crippen LogP) is 4.45. The van der Waals surface area contributed by atoms with Gasteiger partial charge in [0.2, 0.25) is 0 Å². The highest BCUT2D eigenvalue weighted by molar-refractivity contribution is 7.10. The SMILES string of the molecule is COc1ccc(/C(O)=C2/C(=O)C(=O)N(Cc3cccs3)C2c2cccs2)cc1OC. The van der Waals surface area contributed by atoms with Crippen LogP contribution < -0.4 is 9.47 Å². The van der Waals surface area contributed by atoms with Crippen LogP contribution in [0.1, 0.15) is 21.4 Å². The fourth-order valence-electron chi connectivity index (χ4n) is 3.50. The third-order valence-corrected chi connectivity index (χ3v) is 6.70. The van der Waals surface area contributed by atoms with Crippen molar-refractivity contribution in [1.29, 1.82) is 0 Å². The molecule has 0 radical (unpaired) electrons. The highest BCUT2D eigenvalue weighted by atomic mass is 32.1. The Morgan fingerprint density at radius 2 is 1.77 bits per heavy atom. The highest BCUT2D eigenvalue weighted by Crippen LogP contribution is 2.43. The smallest absolute Gasteiger partial charge is 0.296 e. The summed E-state index contributed by atoms with van der Waals surface area (Å²) in [4.78, 5) is 29.2. The molecule has 1 aliphatic heterocycles. The summed E-state index contributed by atoms with van der Waals surface area (Å²) in [6, 6.07) is 11.8. The molecule has 1 N–H and O–H groups in total. The number of hydrogen-bond acceptors (Lipinski definition) is 7. The van der Waals surface area contributed by atoms with Gasteiger partial charge >= 0.3 is 0 Å². The summed E-state index contributed by atoms with van der Waals surface area (Å²) >= 11 is 2.95.